The van der Waals surface area contributed by atoms with Crippen molar-refractivity contribution in [2.45, 2.75) is 34.2 Å². The number of nitrogens with one attached hydrogen (secondary N) is 2. The number of aromatic amines is 1. The van der Waals surface area contributed by atoms with E-state index < -0.39 is 0 Å². The molecule has 2 N–H and O–H groups in total. The standard InChI is InChI=1S/C14H22N4OS/c1-8(2)6-9-11(14(9,3)4)12(19)15-7-10-16-17-13(20)18(10)5/h6,9,11H,7H2,1-5H3,(H,15,19)(H,17,20)/t9-,11+/m0/s1. The number of carbonyl (C=O) groups is 1. The van der Waals surface area contributed by atoms with E-state index >= 15 is 0 Å². The molecule has 1 aromatic heterocycles. The van der Waals surface area contributed by atoms with Gasteiger partial charge in [0.25, 0.3) is 0 Å². The maximum Gasteiger partial charge on any atom is 0.224 e. The van der Waals surface area contributed by atoms with Crippen molar-refractivity contribution in [1.82, 2.24) is 20.1 Å². The van der Waals surface area contributed by atoms with Gasteiger partial charge in [-0.25, -0.2) is 0 Å². The van der Waals surface area contributed by atoms with Crippen LogP contribution in [0.5, 0.6) is 0 Å². The lowest BCUT2D eigenvalue weighted by molar-refractivity contribution is -0.123. The number of carbonyl (C=O) groups excluding carboxylic acids is 1. The third-order valence-corrected chi connectivity index (χ3v) is 4.46. The first kappa shape index (κ1) is 15.0. The molecule has 2 atom stereocenters. The van der Waals surface area contributed by atoms with Gasteiger partial charge < -0.3 is 9.88 Å². The highest BCUT2D eigenvalue weighted by Gasteiger charge is 2.60. The minimum atomic E-state index is 0.0400. The Kier molecular flexibility index (Phi) is 3.86. The molecule has 6 heteroatoms. The zero-order valence-electron chi connectivity index (χ0n) is 12.7. The second-order valence-corrected chi connectivity index (χ2v) is 6.68. The molecule has 1 heterocycles. The highest BCUT2D eigenvalue weighted by molar-refractivity contribution is 7.71. The fourth-order valence-corrected chi connectivity index (χ4v) is 2.81. The zero-order valence-corrected chi connectivity index (χ0v) is 13.5. The normalized spacial score (nSPS) is 23.2. The topological polar surface area (TPSA) is 62.7 Å². The first-order valence-electron chi connectivity index (χ1n) is 6.78. The Hall–Kier alpha value is -1.43. The molecule has 1 fully saturated rings. The highest BCUT2D eigenvalue weighted by atomic mass is 32.1. The van der Waals surface area contributed by atoms with Gasteiger partial charge in [0.2, 0.25) is 5.91 Å². The molecule has 110 valence electrons. The Balaban J connectivity index is 1.98. The molecule has 0 aliphatic heterocycles. The minimum Gasteiger partial charge on any atom is -0.349 e. The molecule has 2 rings (SSSR count). The third kappa shape index (κ3) is 2.70. The lowest BCUT2D eigenvalue weighted by atomic mass is 10.1. The average molecular weight is 294 g/mol. The number of hydrogen-bond acceptors (Lipinski definition) is 3. The molecule has 20 heavy (non-hydrogen) atoms. The summed E-state index contributed by atoms with van der Waals surface area (Å²) in [5.41, 5.74) is 1.30. The number of hydrogen-bond donors (Lipinski definition) is 2. The van der Waals surface area contributed by atoms with Crippen LogP contribution in [0.2, 0.25) is 0 Å². The van der Waals surface area contributed by atoms with Crippen LogP contribution < -0.4 is 5.32 Å². The number of aromatic nitrogens is 3. The molecule has 1 saturated carbocycles. The third-order valence-electron chi connectivity index (χ3n) is 4.10. The van der Waals surface area contributed by atoms with Crippen molar-refractivity contribution in [3.8, 4) is 0 Å². The SMILES string of the molecule is CC(C)=C[C@H]1[C@H](C(=O)NCc2n[nH]c(=S)n2C)C1(C)C. The summed E-state index contributed by atoms with van der Waals surface area (Å²) >= 11 is 5.04. The number of nitrogens with zero attached hydrogens (tertiary/aromatic N) is 2. The number of rotatable bonds is 4. The van der Waals surface area contributed by atoms with Crippen LogP contribution in [-0.2, 0) is 18.4 Å². The molecule has 0 saturated heterocycles. The van der Waals surface area contributed by atoms with Crippen LogP contribution in [0.3, 0.4) is 0 Å². The molecular weight excluding hydrogens is 272 g/mol. The van der Waals surface area contributed by atoms with Gasteiger partial charge in [0, 0.05) is 7.05 Å². The molecule has 5 nitrogen and oxygen atoms in total. The summed E-state index contributed by atoms with van der Waals surface area (Å²) < 4.78 is 2.32. The number of amides is 1. The van der Waals surface area contributed by atoms with Crippen LogP contribution in [-0.4, -0.2) is 20.7 Å². The van der Waals surface area contributed by atoms with Gasteiger partial charge in [0.1, 0.15) is 0 Å². The summed E-state index contributed by atoms with van der Waals surface area (Å²) in [5, 5.41) is 9.76. The fraction of sp³-hybridized carbons (Fsp3) is 0.643. The summed E-state index contributed by atoms with van der Waals surface area (Å²) in [4.78, 5) is 12.3. The van der Waals surface area contributed by atoms with Crippen molar-refractivity contribution in [2.24, 2.45) is 24.3 Å². The molecule has 1 aliphatic carbocycles. The van der Waals surface area contributed by atoms with E-state index in [1.807, 2.05) is 7.05 Å². The zero-order chi connectivity index (χ0) is 15.1. The van der Waals surface area contributed by atoms with Crippen molar-refractivity contribution in [3.05, 3.63) is 22.2 Å². The van der Waals surface area contributed by atoms with Gasteiger partial charge >= 0.3 is 0 Å². The summed E-state index contributed by atoms with van der Waals surface area (Å²) in [7, 11) is 1.83. The van der Waals surface area contributed by atoms with Crippen molar-refractivity contribution >= 4 is 18.1 Å². The van der Waals surface area contributed by atoms with Crippen molar-refractivity contribution < 1.29 is 4.79 Å². The Labute approximate surface area is 124 Å². The Morgan fingerprint density at radius 1 is 1.55 bits per heavy atom. The molecule has 1 aliphatic rings. The molecule has 0 aromatic carbocycles. The first-order chi connectivity index (χ1) is 9.25. The van der Waals surface area contributed by atoms with Gasteiger partial charge in [0.05, 0.1) is 12.5 Å². The second-order valence-electron chi connectivity index (χ2n) is 6.29. The Bertz CT molecular complexity index is 607. The molecule has 0 unspecified atom stereocenters. The predicted octanol–water partition coefficient (Wildman–Crippen LogP) is 2.33. The van der Waals surface area contributed by atoms with E-state index in [9.17, 15) is 4.79 Å². The Morgan fingerprint density at radius 2 is 2.20 bits per heavy atom. The van der Waals surface area contributed by atoms with Crippen molar-refractivity contribution in [2.75, 3.05) is 0 Å². The van der Waals surface area contributed by atoms with Gasteiger partial charge in [-0.05, 0) is 37.4 Å². The van der Waals surface area contributed by atoms with E-state index in [-0.39, 0.29) is 17.2 Å². The van der Waals surface area contributed by atoms with E-state index in [4.69, 9.17) is 12.2 Å². The van der Waals surface area contributed by atoms with Gasteiger partial charge in [-0.15, -0.1) is 0 Å². The van der Waals surface area contributed by atoms with Crippen LogP contribution in [0.1, 0.15) is 33.5 Å². The Morgan fingerprint density at radius 3 is 2.70 bits per heavy atom. The molecule has 0 spiro atoms. The van der Waals surface area contributed by atoms with E-state index in [2.05, 4.69) is 49.3 Å². The summed E-state index contributed by atoms with van der Waals surface area (Å²) in [6, 6.07) is 0. The molecule has 0 bridgehead atoms. The average Bonchev–Trinajstić information content (AvgIpc) is 2.71. The van der Waals surface area contributed by atoms with E-state index in [1.165, 1.54) is 5.57 Å². The van der Waals surface area contributed by atoms with Crippen LogP contribution in [0, 0.1) is 22.0 Å². The van der Waals surface area contributed by atoms with E-state index in [0.29, 0.717) is 17.2 Å². The van der Waals surface area contributed by atoms with Gasteiger partial charge in [0.15, 0.2) is 10.6 Å². The van der Waals surface area contributed by atoms with Gasteiger partial charge in [-0.2, -0.15) is 5.10 Å². The summed E-state index contributed by atoms with van der Waals surface area (Å²) in [5.74, 6) is 1.20. The quantitative estimate of drug-likeness (QED) is 0.662. The molecule has 1 aromatic rings. The predicted molar refractivity (Wildman–Crippen MR) is 80.4 cm³/mol. The van der Waals surface area contributed by atoms with Crippen LogP contribution in [0.25, 0.3) is 0 Å². The van der Waals surface area contributed by atoms with Crippen LogP contribution in [0.15, 0.2) is 11.6 Å². The maximum atomic E-state index is 12.3. The lowest BCUT2D eigenvalue weighted by Crippen LogP contribution is -2.27. The first-order valence-corrected chi connectivity index (χ1v) is 7.19. The smallest absolute Gasteiger partial charge is 0.224 e. The van der Waals surface area contributed by atoms with Gasteiger partial charge in [-0.1, -0.05) is 25.5 Å². The molecular formula is C14H22N4OS. The molecule has 1 amide bonds. The number of H-pyrrole nitrogens is 1. The lowest BCUT2D eigenvalue weighted by Gasteiger charge is -2.05. The summed E-state index contributed by atoms with van der Waals surface area (Å²) in [6.45, 7) is 8.81. The van der Waals surface area contributed by atoms with Crippen LogP contribution in [0.4, 0.5) is 0 Å². The van der Waals surface area contributed by atoms with Crippen molar-refractivity contribution in [1.29, 1.82) is 0 Å². The van der Waals surface area contributed by atoms with E-state index in [1.54, 1.807) is 4.57 Å². The number of allylic oxidation sites excluding steroid dienone is 2. The molecule has 0 radical (unpaired) electrons. The summed E-state index contributed by atoms with van der Waals surface area (Å²) in [6.07, 6.45) is 2.19. The van der Waals surface area contributed by atoms with Crippen molar-refractivity contribution in [3.63, 3.8) is 0 Å². The second kappa shape index (κ2) is 5.16. The minimum absolute atomic E-state index is 0.0400. The maximum absolute atomic E-state index is 12.3. The van der Waals surface area contributed by atoms with Gasteiger partial charge in [-0.3, -0.25) is 9.89 Å². The van der Waals surface area contributed by atoms with E-state index in [0.717, 1.165) is 5.82 Å². The fourth-order valence-electron chi connectivity index (χ4n) is 2.66. The highest BCUT2D eigenvalue weighted by Crippen LogP contribution is 2.59. The van der Waals surface area contributed by atoms with Crippen LogP contribution >= 0.6 is 12.2 Å². The monoisotopic (exact) mass is 294 g/mol. The largest absolute Gasteiger partial charge is 0.349 e.